The van der Waals surface area contributed by atoms with Gasteiger partial charge in [-0.25, -0.2) is 8.78 Å². The van der Waals surface area contributed by atoms with Crippen LogP contribution in [-0.2, 0) is 4.79 Å². The Hall–Kier alpha value is -1.40. The van der Waals surface area contributed by atoms with E-state index in [1.807, 2.05) is 0 Å². The summed E-state index contributed by atoms with van der Waals surface area (Å²) >= 11 is 0. The minimum Gasteiger partial charge on any atom is -0.492 e. The molecular formula is C11H15ClF2N2O2. The van der Waals surface area contributed by atoms with Gasteiger partial charge in [-0.3, -0.25) is 4.79 Å². The second-order valence-electron chi connectivity index (χ2n) is 3.30. The fraction of sp³-hybridized carbons (Fsp3) is 0.364. The fourth-order valence-corrected chi connectivity index (χ4v) is 1.15. The predicted molar refractivity (Wildman–Crippen MR) is 66.0 cm³/mol. The SMILES string of the molecule is CNCC(=O)NCCOc1ccc(F)c(F)c1.Cl. The zero-order valence-corrected chi connectivity index (χ0v) is 10.7. The first-order chi connectivity index (χ1) is 8.13. The van der Waals surface area contributed by atoms with Crippen LogP contribution in [0, 0.1) is 11.6 Å². The van der Waals surface area contributed by atoms with Crippen LogP contribution in [0.4, 0.5) is 8.78 Å². The van der Waals surface area contributed by atoms with Crippen molar-refractivity contribution in [1.82, 2.24) is 10.6 Å². The summed E-state index contributed by atoms with van der Waals surface area (Å²) in [7, 11) is 1.66. The molecule has 2 N–H and O–H groups in total. The topological polar surface area (TPSA) is 50.4 Å². The molecular weight excluding hydrogens is 266 g/mol. The Labute approximate surface area is 110 Å². The summed E-state index contributed by atoms with van der Waals surface area (Å²) in [6.07, 6.45) is 0. The van der Waals surface area contributed by atoms with E-state index in [0.29, 0.717) is 6.54 Å². The third kappa shape index (κ3) is 5.79. The Morgan fingerprint density at radius 2 is 2.06 bits per heavy atom. The van der Waals surface area contributed by atoms with Crippen LogP contribution in [-0.4, -0.2) is 32.7 Å². The molecule has 0 unspecified atom stereocenters. The summed E-state index contributed by atoms with van der Waals surface area (Å²) in [4.78, 5) is 11.0. The molecule has 18 heavy (non-hydrogen) atoms. The highest BCUT2D eigenvalue weighted by atomic mass is 35.5. The smallest absolute Gasteiger partial charge is 0.234 e. The first-order valence-corrected chi connectivity index (χ1v) is 5.12. The summed E-state index contributed by atoms with van der Waals surface area (Å²) in [6.45, 7) is 0.727. The normalized spacial score (nSPS) is 9.50. The molecule has 0 atom stereocenters. The molecule has 0 aliphatic heterocycles. The van der Waals surface area contributed by atoms with E-state index in [2.05, 4.69) is 10.6 Å². The summed E-state index contributed by atoms with van der Waals surface area (Å²) in [5.41, 5.74) is 0. The second kappa shape index (κ2) is 8.66. The number of amides is 1. The summed E-state index contributed by atoms with van der Waals surface area (Å²) in [6, 6.07) is 3.28. The first kappa shape index (κ1) is 16.6. The average Bonchev–Trinajstić information content (AvgIpc) is 2.29. The molecule has 1 rings (SSSR count). The van der Waals surface area contributed by atoms with E-state index in [1.165, 1.54) is 6.07 Å². The molecule has 102 valence electrons. The molecule has 4 nitrogen and oxygen atoms in total. The number of carbonyl (C=O) groups excluding carboxylic acids is 1. The van der Waals surface area contributed by atoms with Crippen LogP contribution < -0.4 is 15.4 Å². The van der Waals surface area contributed by atoms with E-state index < -0.39 is 11.6 Å². The molecule has 7 heteroatoms. The lowest BCUT2D eigenvalue weighted by atomic mass is 10.3. The lowest BCUT2D eigenvalue weighted by Crippen LogP contribution is -2.34. The number of likely N-dealkylation sites (N-methyl/N-ethyl adjacent to an activating group) is 1. The zero-order valence-electron chi connectivity index (χ0n) is 9.83. The molecule has 1 amide bonds. The Morgan fingerprint density at radius 3 is 2.67 bits per heavy atom. The molecule has 0 heterocycles. The standard InChI is InChI=1S/C11H14F2N2O2.ClH/c1-14-7-11(16)15-4-5-17-8-2-3-9(12)10(13)6-8;/h2-3,6,14H,4-5,7H2,1H3,(H,15,16);1H. The quantitative estimate of drug-likeness (QED) is 0.768. The van der Waals surface area contributed by atoms with Gasteiger partial charge in [0.1, 0.15) is 12.4 Å². The van der Waals surface area contributed by atoms with E-state index >= 15 is 0 Å². The molecule has 1 aromatic carbocycles. The third-order valence-electron chi connectivity index (χ3n) is 1.92. The average molecular weight is 281 g/mol. The van der Waals surface area contributed by atoms with Crippen LogP contribution in [0.3, 0.4) is 0 Å². The van der Waals surface area contributed by atoms with Crippen molar-refractivity contribution in [3.63, 3.8) is 0 Å². The van der Waals surface area contributed by atoms with Gasteiger partial charge in [0.25, 0.3) is 0 Å². The van der Waals surface area contributed by atoms with E-state index in [-0.39, 0.29) is 37.2 Å². The number of carbonyl (C=O) groups is 1. The van der Waals surface area contributed by atoms with Crippen LogP contribution in [0.15, 0.2) is 18.2 Å². The predicted octanol–water partition coefficient (Wildman–Crippen LogP) is 1.10. The number of benzene rings is 1. The summed E-state index contributed by atoms with van der Waals surface area (Å²) in [5, 5.41) is 5.28. The summed E-state index contributed by atoms with van der Waals surface area (Å²) in [5.74, 6) is -1.80. The van der Waals surface area contributed by atoms with Crippen LogP contribution in [0.25, 0.3) is 0 Å². The number of ether oxygens (including phenoxy) is 1. The van der Waals surface area contributed by atoms with Gasteiger partial charge < -0.3 is 15.4 Å². The Bertz CT molecular complexity index is 391. The van der Waals surface area contributed by atoms with Crippen molar-refractivity contribution in [2.45, 2.75) is 0 Å². The molecule has 0 aliphatic carbocycles. The van der Waals surface area contributed by atoms with Gasteiger partial charge in [0.05, 0.1) is 13.1 Å². The maximum atomic E-state index is 12.8. The highest BCUT2D eigenvalue weighted by Crippen LogP contribution is 2.14. The van der Waals surface area contributed by atoms with Crippen molar-refractivity contribution in [2.24, 2.45) is 0 Å². The lowest BCUT2D eigenvalue weighted by Gasteiger charge is -2.07. The van der Waals surface area contributed by atoms with Crippen molar-refractivity contribution in [1.29, 1.82) is 0 Å². The fourth-order valence-electron chi connectivity index (χ4n) is 1.15. The minimum atomic E-state index is -0.957. The number of nitrogens with one attached hydrogen (secondary N) is 2. The van der Waals surface area contributed by atoms with Gasteiger partial charge in [0, 0.05) is 6.07 Å². The van der Waals surface area contributed by atoms with Gasteiger partial charge in [0.15, 0.2) is 11.6 Å². The highest BCUT2D eigenvalue weighted by Gasteiger charge is 2.03. The van der Waals surface area contributed by atoms with Gasteiger partial charge in [0.2, 0.25) is 5.91 Å². The molecule has 0 saturated heterocycles. The number of hydrogen-bond acceptors (Lipinski definition) is 3. The van der Waals surface area contributed by atoms with Crippen LogP contribution in [0.2, 0.25) is 0 Å². The third-order valence-corrected chi connectivity index (χ3v) is 1.92. The first-order valence-electron chi connectivity index (χ1n) is 5.12. The Morgan fingerprint density at radius 1 is 1.33 bits per heavy atom. The van der Waals surface area contributed by atoms with Crippen molar-refractivity contribution in [3.8, 4) is 5.75 Å². The maximum absolute atomic E-state index is 12.8. The number of rotatable bonds is 6. The Balaban J connectivity index is 0.00000289. The van der Waals surface area contributed by atoms with E-state index in [4.69, 9.17) is 4.74 Å². The van der Waals surface area contributed by atoms with Gasteiger partial charge >= 0.3 is 0 Å². The number of hydrogen-bond donors (Lipinski definition) is 2. The molecule has 0 aromatic heterocycles. The monoisotopic (exact) mass is 280 g/mol. The zero-order chi connectivity index (χ0) is 12.7. The molecule has 0 spiro atoms. The van der Waals surface area contributed by atoms with Crippen molar-refractivity contribution in [3.05, 3.63) is 29.8 Å². The minimum absolute atomic E-state index is 0. The van der Waals surface area contributed by atoms with Crippen molar-refractivity contribution < 1.29 is 18.3 Å². The molecule has 0 aliphatic rings. The van der Waals surface area contributed by atoms with Gasteiger partial charge in [-0.1, -0.05) is 0 Å². The summed E-state index contributed by atoms with van der Waals surface area (Å²) < 4.78 is 30.5. The Kier molecular flexibility index (Phi) is 7.98. The van der Waals surface area contributed by atoms with E-state index in [0.717, 1.165) is 12.1 Å². The molecule has 1 aromatic rings. The van der Waals surface area contributed by atoms with E-state index in [9.17, 15) is 13.6 Å². The van der Waals surface area contributed by atoms with Gasteiger partial charge in [-0.05, 0) is 19.2 Å². The van der Waals surface area contributed by atoms with Crippen molar-refractivity contribution in [2.75, 3.05) is 26.7 Å². The largest absolute Gasteiger partial charge is 0.492 e. The highest BCUT2D eigenvalue weighted by molar-refractivity contribution is 5.85. The van der Waals surface area contributed by atoms with Gasteiger partial charge in [-0.2, -0.15) is 0 Å². The van der Waals surface area contributed by atoms with Crippen molar-refractivity contribution >= 4 is 18.3 Å². The molecule has 0 saturated carbocycles. The van der Waals surface area contributed by atoms with Crippen LogP contribution >= 0.6 is 12.4 Å². The molecule has 0 fully saturated rings. The molecule has 0 bridgehead atoms. The van der Waals surface area contributed by atoms with Gasteiger partial charge in [-0.15, -0.1) is 12.4 Å². The van der Waals surface area contributed by atoms with Crippen LogP contribution in [0.1, 0.15) is 0 Å². The lowest BCUT2D eigenvalue weighted by molar-refractivity contribution is -0.120. The second-order valence-corrected chi connectivity index (χ2v) is 3.30. The van der Waals surface area contributed by atoms with E-state index in [1.54, 1.807) is 7.05 Å². The molecule has 0 radical (unpaired) electrons. The maximum Gasteiger partial charge on any atom is 0.234 e. The van der Waals surface area contributed by atoms with Crippen LogP contribution in [0.5, 0.6) is 5.75 Å². The number of halogens is 3.